The first kappa shape index (κ1) is 17.5. The van der Waals surface area contributed by atoms with Crippen molar-refractivity contribution in [1.29, 1.82) is 0 Å². The van der Waals surface area contributed by atoms with Crippen LogP contribution in [0.5, 0.6) is 0 Å². The number of carbonyl (C=O) groups excluding carboxylic acids is 1. The maximum Gasteiger partial charge on any atom is 0.256 e. The van der Waals surface area contributed by atoms with Crippen molar-refractivity contribution in [1.82, 2.24) is 4.57 Å². The standard InChI is InChI=1S/C21H26N2O2/c1-6-21(5,25)20(24)22-16-11-12-18-19(14(16)4)15-9-7-8-10-17(15)23(18)13(2)3/h7-13,25H,6H2,1-5H3,(H,22,24). The molecule has 2 aromatic carbocycles. The zero-order valence-electron chi connectivity index (χ0n) is 15.6. The van der Waals surface area contributed by atoms with Crippen LogP contribution in [0.2, 0.25) is 0 Å². The van der Waals surface area contributed by atoms with Crippen molar-refractivity contribution in [2.24, 2.45) is 0 Å². The highest BCUT2D eigenvalue weighted by Crippen LogP contribution is 2.36. The Hall–Kier alpha value is -2.33. The van der Waals surface area contributed by atoms with Gasteiger partial charge in [0.2, 0.25) is 0 Å². The number of para-hydroxylation sites is 1. The number of nitrogens with one attached hydrogen (secondary N) is 1. The molecule has 0 aliphatic rings. The maximum absolute atomic E-state index is 12.4. The van der Waals surface area contributed by atoms with Crippen LogP contribution in [-0.4, -0.2) is 21.2 Å². The van der Waals surface area contributed by atoms with E-state index in [1.165, 1.54) is 10.9 Å². The van der Waals surface area contributed by atoms with Crippen molar-refractivity contribution in [3.63, 3.8) is 0 Å². The lowest BCUT2D eigenvalue weighted by Gasteiger charge is -2.21. The van der Waals surface area contributed by atoms with Crippen molar-refractivity contribution in [3.05, 3.63) is 42.0 Å². The molecule has 0 fully saturated rings. The van der Waals surface area contributed by atoms with Gasteiger partial charge in [-0.1, -0.05) is 25.1 Å². The molecule has 3 rings (SSSR count). The number of anilines is 1. The molecule has 4 heteroatoms. The van der Waals surface area contributed by atoms with Gasteiger partial charge in [-0.05, 0) is 57.9 Å². The first-order valence-corrected chi connectivity index (χ1v) is 8.84. The number of aromatic nitrogens is 1. The third-order valence-electron chi connectivity index (χ3n) is 5.08. The highest BCUT2D eigenvalue weighted by atomic mass is 16.3. The smallest absolute Gasteiger partial charge is 0.256 e. The van der Waals surface area contributed by atoms with Crippen molar-refractivity contribution < 1.29 is 9.90 Å². The number of aryl methyl sites for hydroxylation is 1. The minimum absolute atomic E-state index is 0.336. The highest BCUT2D eigenvalue weighted by Gasteiger charge is 2.28. The van der Waals surface area contributed by atoms with Gasteiger partial charge in [0.25, 0.3) is 5.91 Å². The quantitative estimate of drug-likeness (QED) is 0.719. The summed E-state index contributed by atoms with van der Waals surface area (Å²) in [6.07, 6.45) is 0.368. The molecule has 0 bridgehead atoms. The van der Waals surface area contributed by atoms with Gasteiger partial charge < -0.3 is 15.0 Å². The fourth-order valence-electron chi connectivity index (χ4n) is 3.37. The first-order chi connectivity index (χ1) is 11.8. The number of benzene rings is 2. The van der Waals surface area contributed by atoms with E-state index in [2.05, 4.69) is 48.0 Å². The van der Waals surface area contributed by atoms with E-state index in [1.807, 2.05) is 19.1 Å². The lowest BCUT2D eigenvalue weighted by molar-refractivity contribution is -0.132. The van der Waals surface area contributed by atoms with Crippen molar-refractivity contribution in [3.8, 4) is 0 Å². The molecular formula is C21H26N2O2. The number of aliphatic hydroxyl groups is 1. The van der Waals surface area contributed by atoms with Gasteiger partial charge in [-0.3, -0.25) is 4.79 Å². The number of carbonyl (C=O) groups is 1. The Morgan fingerprint density at radius 1 is 1.20 bits per heavy atom. The fraction of sp³-hybridized carbons (Fsp3) is 0.381. The molecule has 132 valence electrons. The van der Waals surface area contributed by atoms with Gasteiger partial charge >= 0.3 is 0 Å². The van der Waals surface area contributed by atoms with E-state index in [0.29, 0.717) is 12.5 Å². The van der Waals surface area contributed by atoms with Crippen LogP contribution in [-0.2, 0) is 4.79 Å². The molecule has 1 unspecified atom stereocenters. The monoisotopic (exact) mass is 338 g/mol. The minimum atomic E-state index is -1.37. The predicted molar refractivity (Wildman–Crippen MR) is 104 cm³/mol. The number of rotatable bonds is 4. The number of hydrogen-bond acceptors (Lipinski definition) is 2. The van der Waals surface area contributed by atoms with Crippen LogP contribution in [0.4, 0.5) is 5.69 Å². The summed E-state index contributed by atoms with van der Waals surface area (Å²) in [5.74, 6) is -0.370. The SMILES string of the molecule is CCC(C)(O)C(=O)Nc1ccc2c(c1C)c1ccccc1n2C(C)C. The number of hydrogen-bond donors (Lipinski definition) is 2. The summed E-state index contributed by atoms with van der Waals surface area (Å²) in [5.41, 5.74) is 2.76. The average Bonchev–Trinajstić information content (AvgIpc) is 2.92. The Bertz CT molecular complexity index is 951. The van der Waals surface area contributed by atoms with E-state index in [0.717, 1.165) is 22.2 Å². The lowest BCUT2D eigenvalue weighted by Crippen LogP contribution is -2.39. The Kier molecular flexibility index (Phi) is 4.33. The van der Waals surface area contributed by atoms with Gasteiger partial charge in [0.1, 0.15) is 5.60 Å². The van der Waals surface area contributed by atoms with E-state index >= 15 is 0 Å². The van der Waals surface area contributed by atoms with Crippen LogP contribution in [0, 0.1) is 6.92 Å². The second kappa shape index (κ2) is 6.19. The molecular weight excluding hydrogens is 312 g/mol. The van der Waals surface area contributed by atoms with E-state index in [4.69, 9.17) is 0 Å². The van der Waals surface area contributed by atoms with Crippen LogP contribution in [0.25, 0.3) is 21.8 Å². The van der Waals surface area contributed by atoms with E-state index in [9.17, 15) is 9.90 Å². The summed E-state index contributed by atoms with van der Waals surface area (Å²) < 4.78 is 2.32. The maximum atomic E-state index is 12.4. The first-order valence-electron chi connectivity index (χ1n) is 8.84. The van der Waals surface area contributed by atoms with Gasteiger partial charge in [-0.2, -0.15) is 0 Å². The summed E-state index contributed by atoms with van der Waals surface area (Å²) in [6.45, 7) is 9.72. The highest BCUT2D eigenvalue weighted by molar-refractivity contribution is 6.12. The molecule has 0 spiro atoms. The summed E-state index contributed by atoms with van der Waals surface area (Å²) in [5, 5.41) is 15.4. The molecule has 0 aliphatic carbocycles. The van der Waals surface area contributed by atoms with E-state index in [-0.39, 0.29) is 5.91 Å². The predicted octanol–water partition coefficient (Wildman–Crippen LogP) is 4.78. The molecule has 4 nitrogen and oxygen atoms in total. The molecule has 1 aromatic heterocycles. The van der Waals surface area contributed by atoms with Gasteiger partial charge in [-0.15, -0.1) is 0 Å². The van der Waals surface area contributed by atoms with Crippen LogP contribution >= 0.6 is 0 Å². The fourth-order valence-corrected chi connectivity index (χ4v) is 3.37. The molecule has 0 radical (unpaired) electrons. The van der Waals surface area contributed by atoms with Crippen molar-refractivity contribution >= 4 is 33.4 Å². The summed E-state index contributed by atoms with van der Waals surface area (Å²) in [7, 11) is 0. The Labute approximate surface area is 148 Å². The number of amides is 1. The Morgan fingerprint density at radius 2 is 1.88 bits per heavy atom. The third-order valence-corrected chi connectivity index (χ3v) is 5.08. The molecule has 1 atom stereocenters. The molecule has 3 aromatic rings. The van der Waals surface area contributed by atoms with Crippen molar-refractivity contribution in [2.45, 2.75) is 52.7 Å². The second-order valence-corrected chi connectivity index (χ2v) is 7.19. The molecule has 2 N–H and O–H groups in total. The zero-order valence-corrected chi connectivity index (χ0v) is 15.6. The van der Waals surface area contributed by atoms with E-state index in [1.54, 1.807) is 13.8 Å². The normalized spacial score (nSPS) is 14.2. The minimum Gasteiger partial charge on any atom is -0.380 e. The van der Waals surface area contributed by atoms with E-state index < -0.39 is 5.60 Å². The van der Waals surface area contributed by atoms with Crippen LogP contribution in [0.1, 0.15) is 45.7 Å². The largest absolute Gasteiger partial charge is 0.380 e. The van der Waals surface area contributed by atoms with Gasteiger partial charge in [-0.25, -0.2) is 0 Å². The summed E-state index contributed by atoms with van der Waals surface area (Å²) in [6, 6.07) is 12.7. The van der Waals surface area contributed by atoms with Crippen LogP contribution < -0.4 is 5.32 Å². The molecule has 25 heavy (non-hydrogen) atoms. The molecule has 0 saturated heterocycles. The molecule has 0 aliphatic heterocycles. The zero-order chi connectivity index (χ0) is 18.4. The third kappa shape index (κ3) is 2.81. The van der Waals surface area contributed by atoms with Gasteiger partial charge in [0.15, 0.2) is 0 Å². The average molecular weight is 338 g/mol. The Balaban J connectivity index is 2.21. The summed E-state index contributed by atoms with van der Waals surface area (Å²) in [4.78, 5) is 12.4. The molecule has 1 heterocycles. The van der Waals surface area contributed by atoms with Gasteiger partial charge in [0.05, 0.1) is 0 Å². The second-order valence-electron chi connectivity index (χ2n) is 7.19. The van der Waals surface area contributed by atoms with Gasteiger partial charge in [0, 0.05) is 33.5 Å². The Morgan fingerprint density at radius 3 is 2.52 bits per heavy atom. The van der Waals surface area contributed by atoms with Crippen molar-refractivity contribution in [2.75, 3.05) is 5.32 Å². The molecule has 1 amide bonds. The summed E-state index contributed by atoms with van der Waals surface area (Å²) >= 11 is 0. The number of nitrogens with zero attached hydrogens (tertiary/aromatic N) is 1. The molecule has 0 saturated carbocycles. The number of fused-ring (bicyclic) bond motifs is 3. The lowest BCUT2D eigenvalue weighted by atomic mass is 10.0. The topological polar surface area (TPSA) is 54.3 Å². The van der Waals surface area contributed by atoms with Crippen LogP contribution in [0.15, 0.2) is 36.4 Å². The van der Waals surface area contributed by atoms with Crippen LogP contribution in [0.3, 0.4) is 0 Å².